The van der Waals surface area contributed by atoms with E-state index in [1.54, 1.807) is 33.0 Å². The first-order valence-corrected chi connectivity index (χ1v) is 6.99. The number of aromatic nitrogens is 1. The van der Waals surface area contributed by atoms with Gasteiger partial charge in [0.15, 0.2) is 0 Å². The van der Waals surface area contributed by atoms with Crippen molar-refractivity contribution in [3.8, 4) is 0 Å². The molecule has 0 aliphatic heterocycles. The molecular weight excluding hydrogens is 295 g/mol. The summed E-state index contributed by atoms with van der Waals surface area (Å²) in [6, 6.07) is 4.03. The monoisotopic (exact) mass is 313 g/mol. The molecule has 0 fully saturated rings. The van der Waals surface area contributed by atoms with Crippen LogP contribution < -0.4 is 0 Å². The number of aryl methyl sites for hydroxylation is 1. The molecule has 6 heteroatoms. The fourth-order valence-corrected chi connectivity index (χ4v) is 2.61. The lowest BCUT2D eigenvalue weighted by Gasteiger charge is -2.18. The van der Waals surface area contributed by atoms with Gasteiger partial charge in [-0.05, 0) is 38.8 Å². The molecule has 0 spiro atoms. The first-order chi connectivity index (χ1) is 10.1. The number of hydrogen-bond donors (Lipinski definition) is 1. The molecular formula is C16H18F3NO2. The summed E-state index contributed by atoms with van der Waals surface area (Å²) in [4.78, 5) is 11.3. The molecule has 0 unspecified atom stereocenters. The third-order valence-electron chi connectivity index (χ3n) is 3.84. The van der Waals surface area contributed by atoms with Crippen molar-refractivity contribution in [3.05, 3.63) is 35.5 Å². The SMILES string of the molecule is CCn1cc(CC(C)(C)C(=O)O)c2cccc(C(F)(F)F)c21. The Morgan fingerprint density at radius 2 is 1.91 bits per heavy atom. The van der Waals surface area contributed by atoms with Crippen LogP contribution in [0.5, 0.6) is 0 Å². The number of rotatable bonds is 4. The van der Waals surface area contributed by atoms with Crippen molar-refractivity contribution < 1.29 is 23.1 Å². The highest BCUT2D eigenvalue weighted by atomic mass is 19.4. The number of carboxylic acids is 1. The Morgan fingerprint density at radius 1 is 1.27 bits per heavy atom. The molecule has 120 valence electrons. The highest BCUT2D eigenvalue weighted by Gasteiger charge is 2.35. The highest BCUT2D eigenvalue weighted by Crippen LogP contribution is 2.38. The van der Waals surface area contributed by atoms with Gasteiger partial charge in [0, 0.05) is 18.1 Å². The van der Waals surface area contributed by atoms with Crippen LogP contribution in [0.2, 0.25) is 0 Å². The highest BCUT2D eigenvalue weighted by molar-refractivity contribution is 5.88. The maximum Gasteiger partial charge on any atom is 0.418 e. The number of aliphatic carboxylic acids is 1. The molecule has 22 heavy (non-hydrogen) atoms. The van der Waals surface area contributed by atoms with Gasteiger partial charge in [0.25, 0.3) is 0 Å². The van der Waals surface area contributed by atoms with E-state index in [0.717, 1.165) is 6.07 Å². The van der Waals surface area contributed by atoms with Crippen LogP contribution in [0.15, 0.2) is 24.4 Å². The third-order valence-corrected chi connectivity index (χ3v) is 3.84. The molecule has 2 aromatic rings. The van der Waals surface area contributed by atoms with E-state index in [-0.39, 0.29) is 11.9 Å². The number of benzene rings is 1. The topological polar surface area (TPSA) is 42.2 Å². The zero-order chi connectivity index (χ0) is 16.7. The second-order valence-electron chi connectivity index (χ2n) is 6.01. The third kappa shape index (κ3) is 2.82. The average molecular weight is 313 g/mol. The number of alkyl halides is 3. The van der Waals surface area contributed by atoms with Gasteiger partial charge in [-0.2, -0.15) is 13.2 Å². The predicted molar refractivity (Wildman–Crippen MR) is 77.7 cm³/mol. The van der Waals surface area contributed by atoms with Crippen molar-refractivity contribution in [2.45, 2.75) is 39.9 Å². The molecule has 1 aromatic carbocycles. The van der Waals surface area contributed by atoms with Crippen molar-refractivity contribution in [2.24, 2.45) is 5.41 Å². The van der Waals surface area contributed by atoms with Gasteiger partial charge in [-0.15, -0.1) is 0 Å². The molecule has 1 N–H and O–H groups in total. The van der Waals surface area contributed by atoms with Crippen LogP contribution in [0.4, 0.5) is 13.2 Å². The van der Waals surface area contributed by atoms with E-state index in [0.29, 0.717) is 17.5 Å². The number of nitrogens with zero attached hydrogens (tertiary/aromatic N) is 1. The van der Waals surface area contributed by atoms with Crippen molar-refractivity contribution in [3.63, 3.8) is 0 Å². The van der Waals surface area contributed by atoms with Gasteiger partial charge in [0.1, 0.15) is 0 Å². The van der Waals surface area contributed by atoms with Crippen LogP contribution in [0.3, 0.4) is 0 Å². The van der Waals surface area contributed by atoms with Crippen LogP contribution in [0, 0.1) is 5.41 Å². The minimum Gasteiger partial charge on any atom is -0.481 e. The number of hydrogen-bond acceptors (Lipinski definition) is 1. The summed E-state index contributed by atoms with van der Waals surface area (Å²) in [5.74, 6) is -0.975. The molecule has 3 nitrogen and oxygen atoms in total. The van der Waals surface area contributed by atoms with E-state index >= 15 is 0 Å². The fourth-order valence-electron chi connectivity index (χ4n) is 2.61. The summed E-state index contributed by atoms with van der Waals surface area (Å²) < 4.78 is 41.1. The standard InChI is InChI=1S/C16H18F3NO2/c1-4-20-9-10(8-15(2,3)14(21)22)11-6-5-7-12(13(11)20)16(17,18)19/h5-7,9H,4,8H2,1-3H3,(H,21,22). The first kappa shape index (κ1) is 16.4. The Hall–Kier alpha value is -1.98. The van der Waals surface area contributed by atoms with Gasteiger partial charge in [0.05, 0.1) is 16.5 Å². The average Bonchev–Trinajstić information content (AvgIpc) is 2.75. The number of halogens is 3. The van der Waals surface area contributed by atoms with Crippen molar-refractivity contribution >= 4 is 16.9 Å². The summed E-state index contributed by atoms with van der Waals surface area (Å²) in [7, 11) is 0. The summed E-state index contributed by atoms with van der Waals surface area (Å²) in [5, 5.41) is 9.70. The smallest absolute Gasteiger partial charge is 0.418 e. The van der Waals surface area contributed by atoms with Crippen LogP contribution >= 0.6 is 0 Å². The largest absolute Gasteiger partial charge is 0.481 e. The van der Waals surface area contributed by atoms with E-state index in [9.17, 15) is 23.1 Å². The lowest BCUT2D eigenvalue weighted by molar-refractivity contribution is -0.146. The molecule has 0 saturated carbocycles. The summed E-state index contributed by atoms with van der Waals surface area (Å²) in [6.45, 7) is 5.28. The molecule has 0 saturated heterocycles. The predicted octanol–water partition coefficient (Wildman–Crippen LogP) is 4.33. The number of para-hydroxylation sites is 1. The van der Waals surface area contributed by atoms with Gasteiger partial charge >= 0.3 is 12.1 Å². The zero-order valence-electron chi connectivity index (χ0n) is 12.7. The van der Waals surface area contributed by atoms with E-state index < -0.39 is 23.1 Å². The van der Waals surface area contributed by atoms with Crippen LogP contribution in [-0.2, 0) is 23.9 Å². The number of fused-ring (bicyclic) bond motifs is 1. The van der Waals surface area contributed by atoms with Gasteiger partial charge < -0.3 is 9.67 Å². The molecule has 0 aliphatic rings. The Morgan fingerprint density at radius 3 is 2.41 bits per heavy atom. The summed E-state index contributed by atoms with van der Waals surface area (Å²) >= 11 is 0. The second kappa shape index (κ2) is 5.34. The molecule has 1 heterocycles. The molecule has 0 bridgehead atoms. The fraction of sp³-hybridized carbons (Fsp3) is 0.438. The lowest BCUT2D eigenvalue weighted by atomic mass is 9.86. The number of carboxylic acid groups (broad SMARTS) is 1. The minimum atomic E-state index is -4.44. The maximum atomic E-state index is 13.2. The normalized spacial score (nSPS) is 12.8. The molecule has 2 rings (SSSR count). The van der Waals surface area contributed by atoms with Crippen LogP contribution in [0.1, 0.15) is 31.9 Å². The van der Waals surface area contributed by atoms with Crippen LogP contribution in [0.25, 0.3) is 10.9 Å². The zero-order valence-corrected chi connectivity index (χ0v) is 12.7. The number of carbonyl (C=O) groups is 1. The van der Waals surface area contributed by atoms with Gasteiger partial charge in [-0.3, -0.25) is 4.79 Å². The van der Waals surface area contributed by atoms with Crippen LogP contribution in [-0.4, -0.2) is 15.6 Å². The van der Waals surface area contributed by atoms with E-state index in [2.05, 4.69) is 0 Å². The molecule has 0 amide bonds. The van der Waals surface area contributed by atoms with E-state index in [1.165, 1.54) is 10.6 Å². The summed E-state index contributed by atoms with van der Waals surface area (Å²) in [6.07, 6.45) is -2.64. The molecule has 0 atom stereocenters. The lowest BCUT2D eigenvalue weighted by Crippen LogP contribution is -2.26. The Bertz CT molecular complexity index is 714. The van der Waals surface area contributed by atoms with Gasteiger partial charge in [0.2, 0.25) is 0 Å². The van der Waals surface area contributed by atoms with Crippen molar-refractivity contribution in [2.75, 3.05) is 0 Å². The van der Waals surface area contributed by atoms with E-state index in [1.807, 2.05) is 0 Å². The van der Waals surface area contributed by atoms with Crippen molar-refractivity contribution in [1.29, 1.82) is 0 Å². The van der Waals surface area contributed by atoms with E-state index in [4.69, 9.17) is 0 Å². The molecule has 1 aromatic heterocycles. The Kier molecular flexibility index (Phi) is 3.98. The van der Waals surface area contributed by atoms with Gasteiger partial charge in [-0.1, -0.05) is 12.1 Å². The Balaban J connectivity index is 2.67. The first-order valence-electron chi connectivity index (χ1n) is 6.99. The molecule has 0 radical (unpaired) electrons. The second-order valence-corrected chi connectivity index (χ2v) is 6.01. The maximum absolute atomic E-state index is 13.2. The minimum absolute atomic E-state index is 0.119. The molecule has 0 aliphatic carbocycles. The van der Waals surface area contributed by atoms with Gasteiger partial charge in [-0.25, -0.2) is 0 Å². The summed E-state index contributed by atoms with van der Waals surface area (Å²) in [5.41, 5.74) is -0.989. The quantitative estimate of drug-likeness (QED) is 0.912. The van der Waals surface area contributed by atoms with Crippen molar-refractivity contribution in [1.82, 2.24) is 4.57 Å². The Labute approximate surface area is 126 Å².